The molecule has 0 aromatic carbocycles. The molecule has 0 aromatic heterocycles. The van der Waals surface area contributed by atoms with Crippen molar-refractivity contribution in [3.8, 4) is 0 Å². The van der Waals surface area contributed by atoms with Crippen molar-refractivity contribution in [3.63, 3.8) is 0 Å². The van der Waals surface area contributed by atoms with Crippen LogP contribution < -0.4 is 5.32 Å². The van der Waals surface area contributed by atoms with Gasteiger partial charge in [0.25, 0.3) is 0 Å². The van der Waals surface area contributed by atoms with Crippen molar-refractivity contribution in [1.29, 1.82) is 0 Å². The third kappa shape index (κ3) is 3.08. The first kappa shape index (κ1) is 12.2. The summed E-state index contributed by atoms with van der Waals surface area (Å²) in [4.78, 5) is 11.8. The summed E-state index contributed by atoms with van der Waals surface area (Å²) in [6, 6.07) is 0. The molecule has 0 amide bonds. The zero-order chi connectivity index (χ0) is 11.0. The third-order valence-corrected chi connectivity index (χ3v) is 3.07. The van der Waals surface area contributed by atoms with Crippen molar-refractivity contribution in [3.05, 3.63) is 0 Å². The fraction of sp³-hybridized carbons (Fsp3) is 0.900. The van der Waals surface area contributed by atoms with Crippen LogP contribution in [0.15, 0.2) is 0 Å². The molecular formula is C10H18INO2. The van der Waals surface area contributed by atoms with E-state index in [1.165, 1.54) is 0 Å². The number of nitrogens with one attached hydrogen (secondary N) is 1. The van der Waals surface area contributed by atoms with E-state index in [4.69, 9.17) is 4.74 Å². The van der Waals surface area contributed by atoms with Gasteiger partial charge in [-0.3, -0.25) is 4.79 Å². The van der Waals surface area contributed by atoms with Gasteiger partial charge in [0.1, 0.15) is 11.1 Å². The maximum atomic E-state index is 11.8. The van der Waals surface area contributed by atoms with Crippen molar-refractivity contribution in [2.75, 3.05) is 6.54 Å². The summed E-state index contributed by atoms with van der Waals surface area (Å²) in [5.74, 6) is -0.135. The van der Waals surface area contributed by atoms with Crippen molar-refractivity contribution >= 4 is 28.6 Å². The molecular weight excluding hydrogens is 293 g/mol. The Morgan fingerprint density at radius 3 is 2.50 bits per heavy atom. The Balaban J connectivity index is 2.61. The van der Waals surface area contributed by atoms with Crippen LogP contribution in [0.5, 0.6) is 0 Å². The number of esters is 1. The predicted molar refractivity (Wildman–Crippen MR) is 64.7 cm³/mol. The molecule has 2 atom stereocenters. The SMILES string of the molecule is CC(C)(C)OC(=O)[C@]1(C)C[C@H](I)CN1. The van der Waals surface area contributed by atoms with E-state index in [1.807, 2.05) is 27.7 Å². The number of rotatable bonds is 1. The van der Waals surface area contributed by atoms with Gasteiger partial charge in [0.05, 0.1) is 0 Å². The number of alkyl halides is 1. The number of carbonyl (C=O) groups is 1. The molecule has 1 saturated heterocycles. The van der Waals surface area contributed by atoms with Gasteiger partial charge >= 0.3 is 5.97 Å². The van der Waals surface area contributed by atoms with Crippen LogP contribution in [0.4, 0.5) is 0 Å². The van der Waals surface area contributed by atoms with E-state index in [2.05, 4.69) is 27.9 Å². The molecule has 1 rings (SSSR count). The highest BCUT2D eigenvalue weighted by Crippen LogP contribution is 2.27. The highest BCUT2D eigenvalue weighted by atomic mass is 127. The fourth-order valence-corrected chi connectivity index (χ4v) is 2.57. The molecule has 14 heavy (non-hydrogen) atoms. The van der Waals surface area contributed by atoms with Crippen LogP contribution in [0.2, 0.25) is 0 Å². The molecule has 1 aliphatic rings. The van der Waals surface area contributed by atoms with Crippen molar-refractivity contribution < 1.29 is 9.53 Å². The summed E-state index contributed by atoms with van der Waals surface area (Å²) in [5, 5.41) is 3.22. The molecule has 0 saturated carbocycles. The molecule has 4 heteroatoms. The smallest absolute Gasteiger partial charge is 0.326 e. The van der Waals surface area contributed by atoms with E-state index in [-0.39, 0.29) is 5.97 Å². The quantitative estimate of drug-likeness (QED) is 0.456. The highest BCUT2D eigenvalue weighted by Gasteiger charge is 2.42. The lowest BCUT2D eigenvalue weighted by molar-refractivity contribution is -0.161. The van der Waals surface area contributed by atoms with Gasteiger partial charge in [-0.25, -0.2) is 0 Å². The van der Waals surface area contributed by atoms with Crippen LogP contribution in [0.3, 0.4) is 0 Å². The normalized spacial score (nSPS) is 33.1. The second-order valence-electron chi connectivity index (χ2n) is 5.02. The minimum atomic E-state index is -0.487. The largest absolute Gasteiger partial charge is 0.459 e. The first-order chi connectivity index (χ1) is 6.23. The van der Waals surface area contributed by atoms with Gasteiger partial charge in [-0.1, -0.05) is 22.6 Å². The summed E-state index contributed by atoms with van der Waals surface area (Å²) < 4.78 is 5.89. The standard InChI is InChI=1S/C10H18INO2/c1-9(2,3)14-8(13)10(4)5-7(11)6-12-10/h7,12H,5-6H2,1-4H3/t7-,10-/m0/s1. The fourth-order valence-electron chi connectivity index (χ4n) is 1.47. The molecule has 1 N–H and O–H groups in total. The Kier molecular flexibility index (Phi) is 3.46. The lowest BCUT2D eigenvalue weighted by atomic mass is 10.0. The van der Waals surface area contributed by atoms with E-state index in [0.29, 0.717) is 3.92 Å². The van der Waals surface area contributed by atoms with Gasteiger partial charge in [0.15, 0.2) is 0 Å². The van der Waals surface area contributed by atoms with Gasteiger partial charge in [0, 0.05) is 10.5 Å². The molecule has 0 bridgehead atoms. The van der Waals surface area contributed by atoms with E-state index in [1.54, 1.807) is 0 Å². The van der Waals surface area contributed by atoms with Crippen LogP contribution >= 0.6 is 22.6 Å². The Morgan fingerprint density at radius 2 is 2.14 bits per heavy atom. The second-order valence-corrected chi connectivity index (χ2v) is 6.78. The zero-order valence-electron chi connectivity index (χ0n) is 9.19. The van der Waals surface area contributed by atoms with Gasteiger partial charge in [-0.15, -0.1) is 0 Å². The Hall–Kier alpha value is 0.160. The first-order valence-corrected chi connectivity index (χ1v) is 6.10. The third-order valence-electron chi connectivity index (χ3n) is 2.19. The number of halogens is 1. The Bertz CT molecular complexity index is 237. The van der Waals surface area contributed by atoms with Crippen LogP contribution in [0, 0.1) is 0 Å². The van der Waals surface area contributed by atoms with Gasteiger partial charge in [0.2, 0.25) is 0 Å². The zero-order valence-corrected chi connectivity index (χ0v) is 11.3. The van der Waals surface area contributed by atoms with E-state index in [0.717, 1.165) is 13.0 Å². The maximum absolute atomic E-state index is 11.8. The van der Waals surface area contributed by atoms with Crippen LogP contribution in [-0.2, 0) is 9.53 Å². The minimum Gasteiger partial charge on any atom is -0.459 e. The molecule has 0 radical (unpaired) electrons. The average molecular weight is 311 g/mol. The molecule has 1 aliphatic heterocycles. The summed E-state index contributed by atoms with van der Waals surface area (Å²) in [5.41, 5.74) is -0.885. The summed E-state index contributed by atoms with van der Waals surface area (Å²) in [6.07, 6.45) is 0.850. The lowest BCUT2D eigenvalue weighted by Gasteiger charge is -2.28. The van der Waals surface area contributed by atoms with Crippen molar-refractivity contribution in [2.45, 2.75) is 49.2 Å². The number of hydrogen-bond acceptors (Lipinski definition) is 3. The van der Waals surface area contributed by atoms with Gasteiger partial charge in [-0.2, -0.15) is 0 Å². The van der Waals surface area contributed by atoms with E-state index >= 15 is 0 Å². The molecule has 82 valence electrons. The van der Waals surface area contributed by atoms with Crippen molar-refractivity contribution in [1.82, 2.24) is 5.32 Å². The minimum absolute atomic E-state index is 0.135. The van der Waals surface area contributed by atoms with Gasteiger partial charge in [-0.05, 0) is 34.1 Å². The molecule has 0 spiro atoms. The topological polar surface area (TPSA) is 38.3 Å². The predicted octanol–water partition coefficient (Wildman–Crippen LogP) is 1.88. The molecule has 0 aromatic rings. The second kappa shape index (κ2) is 3.96. The van der Waals surface area contributed by atoms with Gasteiger partial charge < -0.3 is 10.1 Å². The summed E-state index contributed by atoms with van der Waals surface area (Å²) >= 11 is 2.36. The molecule has 0 aliphatic carbocycles. The monoisotopic (exact) mass is 311 g/mol. The molecule has 1 heterocycles. The average Bonchev–Trinajstić information content (AvgIpc) is 2.29. The highest BCUT2D eigenvalue weighted by molar-refractivity contribution is 14.1. The van der Waals surface area contributed by atoms with E-state index < -0.39 is 11.1 Å². The molecule has 3 nitrogen and oxygen atoms in total. The molecule has 0 unspecified atom stereocenters. The van der Waals surface area contributed by atoms with Crippen molar-refractivity contribution in [2.24, 2.45) is 0 Å². The number of ether oxygens (including phenoxy) is 1. The summed E-state index contributed by atoms with van der Waals surface area (Å²) in [7, 11) is 0. The van der Waals surface area contributed by atoms with Crippen LogP contribution in [-0.4, -0.2) is 27.6 Å². The Labute approximate surface area is 99.1 Å². The van der Waals surface area contributed by atoms with E-state index in [9.17, 15) is 4.79 Å². The number of carbonyl (C=O) groups excluding carboxylic acids is 1. The van der Waals surface area contributed by atoms with Crippen LogP contribution in [0.1, 0.15) is 34.1 Å². The number of hydrogen-bond donors (Lipinski definition) is 1. The molecule has 1 fully saturated rings. The summed E-state index contributed by atoms with van der Waals surface area (Å²) in [6.45, 7) is 8.48. The lowest BCUT2D eigenvalue weighted by Crippen LogP contribution is -2.48. The van der Waals surface area contributed by atoms with Crippen LogP contribution in [0.25, 0.3) is 0 Å². The Morgan fingerprint density at radius 1 is 1.57 bits per heavy atom. The first-order valence-electron chi connectivity index (χ1n) is 4.85. The maximum Gasteiger partial charge on any atom is 0.326 e.